The molecule has 0 fully saturated rings. The van der Waals surface area contributed by atoms with Gasteiger partial charge in [-0.05, 0) is 36.9 Å². The van der Waals surface area contributed by atoms with E-state index in [1.54, 1.807) is 13.3 Å². The van der Waals surface area contributed by atoms with Crippen molar-refractivity contribution in [1.82, 2.24) is 10.3 Å². The van der Waals surface area contributed by atoms with Crippen LogP contribution >= 0.6 is 0 Å². The summed E-state index contributed by atoms with van der Waals surface area (Å²) in [5.74, 6) is 0.778. The van der Waals surface area contributed by atoms with Gasteiger partial charge in [-0.25, -0.2) is 0 Å². The predicted octanol–water partition coefficient (Wildman–Crippen LogP) is 3.58. The van der Waals surface area contributed by atoms with Crippen LogP contribution in [-0.2, 0) is 4.74 Å². The normalized spacial score (nSPS) is 14.8. The van der Waals surface area contributed by atoms with Gasteiger partial charge in [0.15, 0.2) is 0 Å². The van der Waals surface area contributed by atoms with Gasteiger partial charge >= 0.3 is 0 Å². The molecule has 4 heteroatoms. The molecule has 4 nitrogen and oxygen atoms in total. The van der Waals surface area contributed by atoms with Crippen molar-refractivity contribution in [2.45, 2.75) is 53.2 Å². The van der Waals surface area contributed by atoms with Crippen molar-refractivity contribution < 1.29 is 9.47 Å². The Balaban J connectivity index is 3.12. The summed E-state index contributed by atoms with van der Waals surface area (Å²) >= 11 is 0. The van der Waals surface area contributed by atoms with Crippen molar-refractivity contribution in [3.8, 4) is 5.75 Å². The highest BCUT2D eigenvalue weighted by molar-refractivity contribution is 5.27. The molecule has 0 aliphatic carbocycles. The molecule has 0 amide bonds. The lowest BCUT2D eigenvalue weighted by molar-refractivity contribution is -0.0366. The third kappa shape index (κ3) is 5.29. The monoisotopic (exact) mass is 294 g/mol. The number of aromatic nitrogens is 1. The molecular weight excluding hydrogens is 264 g/mol. The number of hydrogen-bond donors (Lipinski definition) is 1. The fourth-order valence-electron chi connectivity index (χ4n) is 2.44. The smallest absolute Gasteiger partial charge is 0.137 e. The fraction of sp³-hybridized carbons (Fsp3) is 0.706. The largest absolute Gasteiger partial charge is 0.495 e. The number of nitrogens with zero attached hydrogens (tertiary/aromatic N) is 1. The van der Waals surface area contributed by atoms with Crippen LogP contribution in [-0.4, -0.2) is 31.3 Å². The lowest BCUT2D eigenvalue weighted by Gasteiger charge is -2.37. The van der Waals surface area contributed by atoms with Gasteiger partial charge in [-0.15, -0.1) is 0 Å². The first-order valence-corrected chi connectivity index (χ1v) is 7.77. The highest BCUT2D eigenvalue weighted by atomic mass is 16.5. The summed E-state index contributed by atoms with van der Waals surface area (Å²) in [6, 6.07) is 2.14. The molecule has 0 aliphatic heterocycles. The molecule has 0 aliphatic rings. The van der Waals surface area contributed by atoms with E-state index in [1.165, 1.54) is 0 Å². The van der Waals surface area contributed by atoms with Gasteiger partial charge in [0, 0.05) is 12.8 Å². The van der Waals surface area contributed by atoms with Gasteiger partial charge < -0.3 is 14.8 Å². The molecule has 1 aromatic rings. The molecule has 120 valence electrons. The van der Waals surface area contributed by atoms with E-state index in [4.69, 9.17) is 9.47 Å². The van der Waals surface area contributed by atoms with Gasteiger partial charge in [-0.2, -0.15) is 0 Å². The second kappa shape index (κ2) is 8.35. The summed E-state index contributed by atoms with van der Waals surface area (Å²) in [6.45, 7) is 12.5. The van der Waals surface area contributed by atoms with Crippen LogP contribution < -0.4 is 10.1 Å². The Morgan fingerprint density at radius 1 is 1.24 bits per heavy atom. The summed E-state index contributed by atoms with van der Waals surface area (Å²) < 4.78 is 11.4. The molecule has 0 radical (unpaired) electrons. The molecule has 2 atom stereocenters. The Morgan fingerprint density at radius 2 is 1.95 bits per heavy atom. The Labute approximate surface area is 129 Å². The fourth-order valence-corrected chi connectivity index (χ4v) is 2.44. The highest BCUT2D eigenvalue weighted by Gasteiger charge is 2.34. The van der Waals surface area contributed by atoms with Crippen LogP contribution in [0.2, 0.25) is 0 Å². The van der Waals surface area contributed by atoms with E-state index >= 15 is 0 Å². The first kappa shape index (κ1) is 17.9. The zero-order valence-electron chi connectivity index (χ0n) is 14.3. The van der Waals surface area contributed by atoms with Gasteiger partial charge in [-0.1, -0.05) is 27.7 Å². The Hall–Kier alpha value is -1.13. The average Bonchev–Trinajstić information content (AvgIpc) is 2.45. The van der Waals surface area contributed by atoms with Gasteiger partial charge in [-0.3, -0.25) is 4.98 Å². The quantitative estimate of drug-likeness (QED) is 0.796. The molecule has 2 unspecified atom stereocenters. The van der Waals surface area contributed by atoms with Crippen LogP contribution in [0, 0.1) is 5.41 Å². The average molecular weight is 294 g/mol. The van der Waals surface area contributed by atoms with Crippen LogP contribution in [0.5, 0.6) is 5.75 Å². The van der Waals surface area contributed by atoms with Gasteiger partial charge in [0.25, 0.3) is 0 Å². The number of nitrogens with one attached hydrogen (secondary N) is 1. The number of pyridine rings is 1. The minimum atomic E-state index is 0.0322. The van der Waals surface area contributed by atoms with E-state index in [9.17, 15) is 0 Å². The van der Waals surface area contributed by atoms with E-state index in [-0.39, 0.29) is 17.6 Å². The SMILES string of the molecule is CCCNC(c1cncc(OC)c1)C(OCC)C(C)(C)C. The van der Waals surface area contributed by atoms with E-state index in [0.717, 1.165) is 24.3 Å². The Bertz CT molecular complexity index is 415. The first-order valence-electron chi connectivity index (χ1n) is 7.77. The van der Waals surface area contributed by atoms with Crippen molar-refractivity contribution in [2.24, 2.45) is 5.41 Å². The topological polar surface area (TPSA) is 43.4 Å². The molecular formula is C17H30N2O2. The summed E-state index contributed by atoms with van der Waals surface area (Å²) in [5, 5.41) is 3.61. The van der Waals surface area contributed by atoms with Crippen LogP contribution in [0.4, 0.5) is 0 Å². The van der Waals surface area contributed by atoms with Crippen molar-refractivity contribution in [3.63, 3.8) is 0 Å². The molecule has 1 heterocycles. The predicted molar refractivity (Wildman–Crippen MR) is 86.7 cm³/mol. The highest BCUT2D eigenvalue weighted by Crippen LogP contribution is 2.33. The number of rotatable bonds is 8. The molecule has 21 heavy (non-hydrogen) atoms. The zero-order valence-corrected chi connectivity index (χ0v) is 14.3. The summed E-state index contributed by atoms with van der Waals surface area (Å²) in [6.07, 6.45) is 4.78. The van der Waals surface area contributed by atoms with Gasteiger partial charge in [0.2, 0.25) is 0 Å². The van der Waals surface area contributed by atoms with Gasteiger partial charge in [0.1, 0.15) is 5.75 Å². The van der Waals surface area contributed by atoms with Crippen LogP contribution in [0.15, 0.2) is 18.5 Å². The lowest BCUT2D eigenvalue weighted by Crippen LogP contribution is -2.42. The van der Waals surface area contributed by atoms with E-state index in [0.29, 0.717) is 6.61 Å². The molecule has 0 saturated heterocycles. The number of ether oxygens (including phenoxy) is 2. The molecule has 1 aromatic heterocycles. The zero-order chi connectivity index (χ0) is 15.9. The minimum absolute atomic E-state index is 0.0322. The van der Waals surface area contributed by atoms with Gasteiger partial charge in [0.05, 0.1) is 25.5 Å². The van der Waals surface area contributed by atoms with Crippen molar-refractivity contribution in [1.29, 1.82) is 0 Å². The molecule has 0 saturated carbocycles. The summed E-state index contributed by atoms with van der Waals surface area (Å²) in [5.41, 5.74) is 1.14. The lowest BCUT2D eigenvalue weighted by atomic mass is 9.82. The molecule has 1 rings (SSSR count). The van der Waals surface area contributed by atoms with Crippen molar-refractivity contribution >= 4 is 0 Å². The Kier molecular flexibility index (Phi) is 7.12. The van der Waals surface area contributed by atoms with Crippen molar-refractivity contribution in [3.05, 3.63) is 24.0 Å². The second-order valence-electron chi connectivity index (χ2n) is 6.33. The first-order chi connectivity index (χ1) is 9.93. The molecule has 0 bridgehead atoms. The maximum Gasteiger partial charge on any atom is 0.137 e. The van der Waals surface area contributed by atoms with Crippen LogP contribution in [0.3, 0.4) is 0 Å². The van der Waals surface area contributed by atoms with Crippen LogP contribution in [0.1, 0.15) is 52.6 Å². The van der Waals surface area contributed by atoms with Crippen molar-refractivity contribution in [2.75, 3.05) is 20.3 Å². The molecule has 1 N–H and O–H groups in total. The molecule has 0 spiro atoms. The third-order valence-corrected chi connectivity index (χ3v) is 3.45. The minimum Gasteiger partial charge on any atom is -0.495 e. The standard InChI is InChI=1S/C17H30N2O2/c1-7-9-19-15(16(21-8-2)17(3,4)5)13-10-14(20-6)12-18-11-13/h10-12,15-16,19H,7-9H2,1-6H3. The maximum absolute atomic E-state index is 6.06. The van der Waals surface area contributed by atoms with E-state index in [1.807, 2.05) is 19.2 Å². The number of methoxy groups -OCH3 is 1. The van der Waals surface area contributed by atoms with E-state index < -0.39 is 0 Å². The Morgan fingerprint density at radius 3 is 2.48 bits per heavy atom. The summed E-state index contributed by atoms with van der Waals surface area (Å²) in [4.78, 5) is 4.29. The summed E-state index contributed by atoms with van der Waals surface area (Å²) in [7, 11) is 1.67. The maximum atomic E-state index is 6.06. The van der Waals surface area contributed by atoms with E-state index in [2.05, 4.69) is 38.0 Å². The van der Waals surface area contributed by atoms with Crippen LogP contribution in [0.25, 0.3) is 0 Å². The molecule has 0 aromatic carbocycles. The number of hydrogen-bond acceptors (Lipinski definition) is 4. The third-order valence-electron chi connectivity index (χ3n) is 3.45. The second-order valence-corrected chi connectivity index (χ2v) is 6.33.